The number of hydrogen-bond acceptors (Lipinski definition) is 6. The van der Waals surface area contributed by atoms with Gasteiger partial charge < -0.3 is 10.6 Å². The molecule has 1 aliphatic heterocycles. The lowest BCUT2D eigenvalue weighted by Crippen LogP contribution is -2.22. The van der Waals surface area contributed by atoms with Gasteiger partial charge in [0.2, 0.25) is 0 Å². The normalized spacial score (nSPS) is 16.8. The van der Waals surface area contributed by atoms with Gasteiger partial charge in [-0.1, -0.05) is 6.07 Å². The van der Waals surface area contributed by atoms with E-state index in [9.17, 15) is 8.78 Å². The van der Waals surface area contributed by atoms with Crippen LogP contribution < -0.4 is 10.6 Å². The van der Waals surface area contributed by atoms with Crippen LogP contribution in [0.15, 0.2) is 36.4 Å². The van der Waals surface area contributed by atoms with Crippen molar-refractivity contribution in [3.63, 3.8) is 0 Å². The van der Waals surface area contributed by atoms with Crippen LogP contribution in [-0.4, -0.2) is 44.9 Å². The summed E-state index contributed by atoms with van der Waals surface area (Å²) in [5.74, 6) is -0.918. The van der Waals surface area contributed by atoms with Crippen LogP contribution >= 0.6 is 0 Å². The van der Waals surface area contributed by atoms with E-state index in [2.05, 4.69) is 15.1 Å². The van der Waals surface area contributed by atoms with E-state index in [-0.39, 0.29) is 17.4 Å². The first-order chi connectivity index (χ1) is 15.7. The number of halogens is 3. The molecule has 0 amide bonds. The second-order valence-electron chi connectivity index (χ2n) is 8.29. The zero-order valence-electron chi connectivity index (χ0n) is 18.4. The molecule has 0 spiro atoms. The third kappa shape index (κ3) is 3.56. The number of anilines is 2. The van der Waals surface area contributed by atoms with E-state index in [1.54, 1.807) is 30.8 Å². The molecule has 4 aromatic rings. The van der Waals surface area contributed by atoms with Gasteiger partial charge in [-0.3, -0.25) is 4.90 Å². The lowest BCUT2D eigenvalue weighted by Gasteiger charge is -2.18. The average Bonchev–Trinajstić information content (AvgIpc) is 3.28. The number of hydrogen-bond donors (Lipinski definition) is 1. The fraction of sp³-hybridized carbons (Fsp3) is 0.261. The second kappa shape index (κ2) is 7.73. The van der Waals surface area contributed by atoms with Gasteiger partial charge in [0.15, 0.2) is 5.65 Å². The summed E-state index contributed by atoms with van der Waals surface area (Å²) < 4.78 is 44.5. The van der Waals surface area contributed by atoms with E-state index in [1.165, 1.54) is 18.2 Å². The first-order valence-corrected chi connectivity index (χ1v) is 10.4. The zero-order valence-corrected chi connectivity index (χ0v) is 18.4. The summed E-state index contributed by atoms with van der Waals surface area (Å²) >= 11 is 0. The molecular weight excluding hydrogens is 431 g/mol. The number of nitrogen functional groups attached to an aromatic ring is 1. The Kier molecular flexibility index (Phi) is 4.97. The number of rotatable bonds is 3. The van der Waals surface area contributed by atoms with Crippen LogP contribution in [-0.2, 0) is 7.05 Å². The molecule has 0 saturated carbocycles. The topological polar surface area (TPSA) is 76.1 Å². The van der Waals surface area contributed by atoms with Gasteiger partial charge in [0, 0.05) is 36.5 Å². The summed E-state index contributed by atoms with van der Waals surface area (Å²) in [5, 5.41) is 4.93. The molecule has 7 nitrogen and oxygen atoms in total. The van der Waals surface area contributed by atoms with Crippen molar-refractivity contribution in [2.24, 2.45) is 7.05 Å². The van der Waals surface area contributed by atoms with Crippen LogP contribution in [0, 0.1) is 24.4 Å². The van der Waals surface area contributed by atoms with Crippen LogP contribution in [0.5, 0.6) is 0 Å². The van der Waals surface area contributed by atoms with Gasteiger partial charge in [-0.25, -0.2) is 27.8 Å². The van der Waals surface area contributed by atoms with Gasteiger partial charge in [-0.05, 0) is 38.2 Å². The first kappa shape index (κ1) is 21.2. The van der Waals surface area contributed by atoms with Crippen LogP contribution in [0.25, 0.3) is 22.3 Å². The van der Waals surface area contributed by atoms with Crippen molar-refractivity contribution in [3.8, 4) is 11.3 Å². The van der Waals surface area contributed by atoms with Crippen LogP contribution in [0.4, 0.5) is 24.7 Å². The highest BCUT2D eigenvalue weighted by Gasteiger charge is 2.31. The van der Waals surface area contributed by atoms with Crippen molar-refractivity contribution in [3.05, 3.63) is 65.2 Å². The number of likely N-dealkylation sites (N-methyl/N-ethyl adjacent to an activating group) is 1. The molecule has 170 valence electrons. The third-order valence-corrected chi connectivity index (χ3v) is 6.04. The highest BCUT2D eigenvalue weighted by molar-refractivity contribution is 5.98. The maximum Gasteiger partial charge on any atom is 0.164 e. The van der Waals surface area contributed by atoms with E-state index >= 15 is 4.39 Å². The SMILES string of the molecule is Cc1nc(N)c2c(-c3ccc(N4CC(c5ccc(F)cc5F)N(C)C4)cc3F)nn(C)c2n1. The zero-order chi connectivity index (χ0) is 23.4. The summed E-state index contributed by atoms with van der Waals surface area (Å²) in [7, 11) is 3.57. The summed E-state index contributed by atoms with van der Waals surface area (Å²) in [5.41, 5.74) is 8.35. The molecular formula is C23H22F3N7. The second-order valence-corrected chi connectivity index (χ2v) is 8.29. The lowest BCUT2D eigenvalue weighted by molar-refractivity contribution is 0.317. The molecule has 1 atom stereocenters. The van der Waals surface area contributed by atoms with Crippen molar-refractivity contribution >= 4 is 22.5 Å². The van der Waals surface area contributed by atoms with Crippen molar-refractivity contribution in [1.82, 2.24) is 24.6 Å². The predicted molar refractivity (Wildman–Crippen MR) is 120 cm³/mol. The minimum Gasteiger partial charge on any atom is -0.383 e. The number of aryl methyl sites for hydroxylation is 2. The Labute approximate surface area is 188 Å². The first-order valence-electron chi connectivity index (χ1n) is 10.4. The molecule has 0 radical (unpaired) electrons. The number of benzene rings is 2. The minimum atomic E-state index is -0.616. The molecule has 33 heavy (non-hydrogen) atoms. The van der Waals surface area contributed by atoms with Gasteiger partial charge in [-0.2, -0.15) is 5.10 Å². The van der Waals surface area contributed by atoms with E-state index in [0.29, 0.717) is 47.0 Å². The molecule has 1 unspecified atom stereocenters. The van der Waals surface area contributed by atoms with Gasteiger partial charge in [0.1, 0.15) is 34.8 Å². The molecule has 3 heterocycles. The lowest BCUT2D eigenvalue weighted by atomic mass is 10.1. The minimum absolute atomic E-state index is 0.245. The molecule has 2 aromatic carbocycles. The monoisotopic (exact) mass is 453 g/mol. The van der Waals surface area contributed by atoms with Gasteiger partial charge in [0.05, 0.1) is 18.1 Å². The largest absolute Gasteiger partial charge is 0.383 e. The van der Waals surface area contributed by atoms with Crippen molar-refractivity contribution in [2.45, 2.75) is 13.0 Å². The Hall–Kier alpha value is -3.66. The van der Waals surface area contributed by atoms with Crippen LogP contribution in [0.3, 0.4) is 0 Å². The predicted octanol–water partition coefficient (Wildman–Crippen LogP) is 3.79. The van der Waals surface area contributed by atoms with Gasteiger partial charge >= 0.3 is 0 Å². The Morgan fingerprint density at radius 1 is 1.00 bits per heavy atom. The highest BCUT2D eigenvalue weighted by atomic mass is 19.1. The maximum atomic E-state index is 15.3. The summed E-state index contributed by atoms with van der Waals surface area (Å²) in [6, 6.07) is 8.18. The highest BCUT2D eigenvalue weighted by Crippen LogP contribution is 2.36. The number of nitrogens with zero attached hydrogens (tertiary/aromatic N) is 6. The molecule has 0 aliphatic carbocycles. The summed E-state index contributed by atoms with van der Waals surface area (Å²) in [6.07, 6.45) is 0. The maximum absolute atomic E-state index is 15.3. The molecule has 2 aromatic heterocycles. The summed E-state index contributed by atoms with van der Waals surface area (Å²) in [6.45, 7) is 2.63. The fourth-order valence-corrected chi connectivity index (χ4v) is 4.44. The van der Waals surface area contributed by atoms with Crippen molar-refractivity contribution in [2.75, 3.05) is 30.9 Å². The van der Waals surface area contributed by atoms with E-state index in [1.807, 2.05) is 16.8 Å². The molecule has 0 bridgehead atoms. The fourth-order valence-electron chi connectivity index (χ4n) is 4.44. The van der Waals surface area contributed by atoms with E-state index < -0.39 is 17.5 Å². The van der Waals surface area contributed by atoms with Gasteiger partial charge in [-0.15, -0.1) is 0 Å². The Morgan fingerprint density at radius 2 is 1.79 bits per heavy atom. The standard InChI is InChI=1S/C23H22F3N7/c1-12-28-22(27)20-21(30-32(3)23(20)29-12)16-7-5-14(9-18(16)26)33-10-19(31(2)11-33)15-6-4-13(24)8-17(15)25/h4-9,19H,10-11H2,1-3H3,(H2,27,28,29). The molecule has 1 fully saturated rings. The summed E-state index contributed by atoms with van der Waals surface area (Å²) in [4.78, 5) is 12.4. The smallest absolute Gasteiger partial charge is 0.164 e. The molecule has 1 saturated heterocycles. The van der Waals surface area contributed by atoms with E-state index in [0.717, 1.165) is 6.07 Å². The van der Waals surface area contributed by atoms with Crippen molar-refractivity contribution < 1.29 is 13.2 Å². The van der Waals surface area contributed by atoms with Crippen molar-refractivity contribution in [1.29, 1.82) is 0 Å². The van der Waals surface area contributed by atoms with Gasteiger partial charge in [0.25, 0.3) is 0 Å². The number of fused-ring (bicyclic) bond motifs is 1. The molecule has 5 rings (SSSR count). The quantitative estimate of drug-likeness (QED) is 0.509. The Morgan fingerprint density at radius 3 is 2.52 bits per heavy atom. The Bertz CT molecular complexity index is 1380. The third-order valence-electron chi connectivity index (χ3n) is 6.04. The molecule has 10 heteroatoms. The van der Waals surface area contributed by atoms with Crippen LogP contribution in [0.2, 0.25) is 0 Å². The number of nitrogens with two attached hydrogens (primary N) is 1. The Balaban J connectivity index is 1.48. The average molecular weight is 453 g/mol. The molecule has 2 N–H and O–H groups in total. The van der Waals surface area contributed by atoms with Crippen LogP contribution in [0.1, 0.15) is 17.4 Å². The van der Waals surface area contributed by atoms with E-state index in [4.69, 9.17) is 5.73 Å². The number of aromatic nitrogens is 4. The molecule has 1 aliphatic rings.